The predicted molar refractivity (Wildman–Crippen MR) is 118 cm³/mol. The van der Waals surface area contributed by atoms with Gasteiger partial charge in [0.15, 0.2) is 0 Å². The number of carbonyl (C=O) groups excluding carboxylic acids is 3. The highest BCUT2D eigenvalue weighted by atomic mass is 16.4. The van der Waals surface area contributed by atoms with Gasteiger partial charge in [0.1, 0.15) is 5.84 Å². The molecule has 0 saturated carbocycles. The van der Waals surface area contributed by atoms with Crippen molar-refractivity contribution in [2.24, 2.45) is 5.73 Å². The highest BCUT2D eigenvalue weighted by molar-refractivity contribution is 6.35. The van der Waals surface area contributed by atoms with E-state index in [-0.39, 0.29) is 31.8 Å². The average Bonchev–Trinajstić information content (AvgIpc) is 2.79. The Kier molecular flexibility index (Phi) is 7.01. The zero-order chi connectivity index (χ0) is 24.0. The van der Waals surface area contributed by atoms with Crippen LogP contribution < -0.4 is 16.4 Å². The zero-order valence-electron chi connectivity index (χ0n) is 17.7. The first kappa shape index (κ1) is 23.4. The van der Waals surface area contributed by atoms with Crippen molar-refractivity contribution < 1.29 is 24.3 Å². The van der Waals surface area contributed by atoms with Gasteiger partial charge in [-0.1, -0.05) is 6.07 Å². The minimum absolute atomic E-state index is 0.0403. The number of rotatable bonds is 9. The van der Waals surface area contributed by atoms with E-state index in [1.54, 1.807) is 36.4 Å². The number of aliphatic carboxylic acids is 1. The molecular formula is C22H24N6O5. The summed E-state index contributed by atoms with van der Waals surface area (Å²) in [4.78, 5) is 54.6. The molecule has 1 unspecified atom stereocenters. The number of anilines is 1. The van der Waals surface area contributed by atoms with Gasteiger partial charge in [0.05, 0.1) is 12.0 Å². The molecule has 1 saturated heterocycles. The standard InChI is InChI=1S/C22H24N6O5/c23-19(24)14-3-5-16(6-4-14)27-17(29)7-8-22(12-18(30)31,15-2-1-9-25-13-15)28-11-10-26-20(32)21(28)33/h1-6,9,13H,7-8,10-12H2,(H3,23,24)(H,26,32)(H,27,29)(H,30,31). The number of pyridine rings is 1. The fourth-order valence-corrected chi connectivity index (χ4v) is 3.88. The molecule has 0 aliphatic carbocycles. The fraction of sp³-hybridized carbons (Fsp3) is 0.273. The van der Waals surface area contributed by atoms with E-state index in [2.05, 4.69) is 15.6 Å². The van der Waals surface area contributed by atoms with E-state index >= 15 is 0 Å². The van der Waals surface area contributed by atoms with Crippen LogP contribution in [0.3, 0.4) is 0 Å². The number of hydrogen-bond acceptors (Lipinski definition) is 6. The molecule has 2 aromatic rings. The van der Waals surface area contributed by atoms with Gasteiger partial charge in [-0.25, -0.2) is 0 Å². The number of carboxylic acids is 1. The van der Waals surface area contributed by atoms with Gasteiger partial charge < -0.3 is 26.4 Å². The molecule has 0 bridgehead atoms. The topological polar surface area (TPSA) is 179 Å². The van der Waals surface area contributed by atoms with E-state index in [0.717, 1.165) is 0 Å². The van der Waals surface area contributed by atoms with Crippen LogP contribution in [0.4, 0.5) is 5.69 Å². The van der Waals surface area contributed by atoms with Gasteiger partial charge in [-0.2, -0.15) is 0 Å². The summed E-state index contributed by atoms with van der Waals surface area (Å²) in [5.74, 6) is -3.37. The van der Waals surface area contributed by atoms with E-state index in [0.29, 0.717) is 16.8 Å². The van der Waals surface area contributed by atoms with Crippen molar-refractivity contribution in [2.75, 3.05) is 18.4 Å². The van der Waals surface area contributed by atoms with Crippen molar-refractivity contribution in [3.05, 3.63) is 59.9 Å². The molecule has 33 heavy (non-hydrogen) atoms. The Balaban J connectivity index is 1.88. The van der Waals surface area contributed by atoms with Crippen LogP contribution in [0.2, 0.25) is 0 Å². The molecule has 1 atom stereocenters. The summed E-state index contributed by atoms with van der Waals surface area (Å²) in [6.45, 7) is 0.266. The van der Waals surface area contributed by atoms with Crippen molar-refractivity contribution in [3.63, 3.8) is 0 Å². The Morgan fingerprint density at radius 1 is 1.24 bits per heavy atom. The molecule has 6 N–H and O–H groups in total. The SMILES string of the molecule is N=C(N)c1ccc(NC(=O)CCC(CC(=O)O)(c2cccnc2)N2CCNC(=O)C2=O)cc1. The number of nitrogens with one attached hydrogen (secondary N) is 3. The second-order valence-electron chi connectivity index (χ2n) is 7.60. The first-order valence-electron chi connectivity index (χ1n) is 10.2. The van der Waals surface area contributed by atoms with Crippen molar-refractivity contribution in [1.29, 1.82) is 5.41 Å². The molecular weight excluding hydrogens is 428 g/mol. The largest absolute Gasteiger partial charge is 0.481 e. The second kappa shape index (κ2) is 9.90. The van der Waals surface area contributed by atoms with E-state index in [4.69, 9.17) is 11.1 Å². The zero-order valence-corrected chi connectivity index (χ0v) is 17.7. The summed E-state index contributed by atoms with van der Waals surface area (Å²) in [5, 5.41) is 22.3. The van der Waals surface area contributed by atoms with Gasteiger partial charge in [0.25, 0.3) is 0 Å². The second-order valence-corrected chi connectivity index (χ2v) is 7.60. The maximum absolute atomic E-state index is 12.7. The van der Waals surface area contributed by atoms with Crippen LogP contribution in [0.5, 0.6) is 0 Å². The Labute approximate surface area is 189 Å². The first-order valence-corrected chi connectivity index (χ1v) is 10.2. The molecule has 0 radical (unpaired) electrons. The molecule has 11 nitrogen and oxygen atoms in total. The monoisotopic (exact) mass is 452 g/mol. The minimum Gasteiger partial charge on any atom is -0.481 e. The summed E-state index contributed by atoms with van der Waals surface area (Å²) in [6.07, 6.45) is 2.29. The maximum atomic E-state index is 12.7. The van der Waals surface area contributed by atoms with Gasteiger partial charge in [-0.15, -0.1) is 0 Å². The Morgan fingerprint density at radius 3 is 2.58 bits per heavy atom. The molecule has 1 aromatic heterocycles. The summed E-state index contributed by atoms with van der Waals surface area (Å²) < 4.78 is 0. The molecule has 2 heterocycles. The third-order valence-corrected chi connectivity index (χ3v) is 5.46. The minimum atomic E-state index is -1.44. The van der Waals surface area contributed by atoms with E-state index in [1.807, 2.05) is 0 Å². The van der Waals surface area contributed by atoms with Crippen LogP contribution in [-0.2, 0) is 24.7 Å². The molecule has 1 aliphatic heterocycles. The van der Waals surface area contributed by atoms with E-state index in [1.165, 1.54) is 17.3 Å². The quantitative estimate of drug-likeness (QED) is 0.208. The highest BCUT2D eigenvalue weighted by Crippen LogP contribution is 2.37. The fourth-order valence-electron chi connectivity index (χ4n) is 3.88. The lowest BCUT2D eigenvalue weighted by atomic mass is 9.80. The third-order valence-electron chi connectivity index (χ3n) is 5.46. The normalized spacial score (nSPS) is 15.3. The smallest absolute Gasteiger partial charge is 0.312 e. The van der Waals surface area contributed by atoms with Crippen molar-refractivity contribution in [3.8, 4) is 0 Å². The summed E-state index contributed by atoms with van der Waals surface area (Å²) in [5.41, 5.74) is 5.40. The van der Waals surface area contributed by atoms with Crippen LogP contribution in [0.1, 0.15) is 30.4 Å². The van der Waals surface area contributed by atoms with Crippen LogP contribution >= 0.6 is 0 Å². The highest BCUT2D eigenvalue weighted by Gasteiger charge is 2.46. The third kappa shape index (κ3) is 5.32. The number of carbonyl (C=O) groups is 4. The van der Waals surface area contributed by atoms with Gasteiger partial charge >= 0.3 is 17.8 Å². The lowest BCUT2D eigenvalue weighted by Crippen LogP contribution is -2.60. The molecule has 3 amide bonds. The number of nitrogen functional groups attached to an aromatic ring is 1. The number of benzene rings is 1. The molecule has 3 rings (SSSR count). The maximum Gasteiger partial charge on any atom is 0.312 e. The summed E-state index contributed by atoms with van der Waals surface area (Å²) >= 11 is 0. The number of aromatic nitrogens is 1. The number of amidine groups is 1. The Morgan fingerprint density at radius 2 is 1.97 bits per heavy atom. The van der Waals surface area contributed by atoms with Crippen molar-refractivity contribution in [2.45, 2.75) is 24.8 Å². The van der Waals surface area contributed by atoms with Crippen LogP contribution in [0, 0.1) is 5.41 Å². The predicted octanol–water partition coefficient (Wildman–Crippen LogP) is 0.413. The number of amides is 3. The lowest BCUT2D eigenvalue weighted by molar-refractivity contribution is -0.157. The molecule has 11 heteroatoms. The van der Waals surface area contributed by atoms with Crippen molar-refractivity contribution in [1.82, 2.24) is 15.2 Å². The Bertz CT molecular complexity index is 1070. The van der Waals surface area contributed by atoms with E-state index in [9.17, 15) is 24.3 Å². The van der Waals surface area contributed by atoms with Gasteiger partial charge in [0, 0.05) is 43.2 Å². The summed E-state index contributed by atoms with van der Waals surface area (Å²) in [6, 6.07) is 9.61. The van der Waals surface area contributed by atoms with Gasteiger partial charge in [-0.05, 0) is 42.3 Å². The van der Waals surface area contributed by atoms with Gasteiger partial charge in [0.2, 0.25) is 5.91 Å². The number of carboxylic acid groups (broad SMARTS) is 1. The molecule has 1 aromatic carbocycles. The number of nitrogens with zero attached hydrogens (tertiary/aromatic N) is 2. The lowest BCUT2D eigenvalue weighted by Gasteiger charge is -2.44. The van der Waals surface area contributed by atoms with Gasteiger partial charge in [-0.3, -0.25) is 29.6 Å². The molecule has 172 valence electrons. The molecule has 0 spiro atoms. The van der Waals surface area contributed by atoms with Crippen LogP contribution in [0.25, 0.3) is 0 Å². The first-order chi connectivity index (χ1) is 15.7. The van der Waals surface area contributed by atoms with Crippen LogP contribution in [-0.4, -0.2) is 57.6 Å². The average molecular weight is 452 g/mol. The number of nitrogens with two attached hydrogens (primary N) is 1. The van der Waals surface area contributed by atoms with E-state index < -0.39 is 35.7 Å². The molecule has 1 aliphatic rings. The Hall–Kier alpha value is -4.28. The summed E-state index contributed by atoms with van der Waals surface area (Å²) in [7, 11) is 0. The van der Waals surface area contributed by atoms with Crippen molar-refractivity contribution >= 4 is 35.2 Å². The van der Waals surface area contributed by atoms with Crippen LogP contribution in [0.15, 0.2) is 48.8 Å². The number of piperazine rings is 1. The molecule has 1 fully saturated rings. The number of hydrogen-bond donors (Lipinski definition) is 5.